The van der Waals surface area contributed by atoms with Gasteiger partial charge in [-0.3, -0.25) is 9.88 Å². The summed E-state index contributed by atoms with van der Waals surface area (Å²) in [6.45, 7) is 5.28. The molecule has 0 bridgehead atoms. The molecular formula is C19H24ClN3. The molecular weight excluding hydrogens is 306 g/mol. The Morgan fingerprint density at radius 2 is 1.96 bits per heavy atom. The Hall–Kier alpha value is -1.42. The predicted octanol–water partition coefficient (Wildman–Crippen LogP) is 3.74. The highest BCUT2D eigenvalue weighted by Crippen LogP contribution is 2.22. The number of hydrogen-bond acceptors (Lipinski definition) is 3. The second-order valence-electron chi connectivity index (χ2n) is 6.30. The van der Waals surface area contributed by atoms with E-state index in [1.54, 1.807) is 0 Å². The van der Waals surface area contributed by atoms with Crippen LogP contribution in [0.1, 0.15) is 24.0 Å². The highest BCUT2D eigenvalue weighted by molar-refractivity contribution is 6.31. The van der Waals surface area contributed by atoms with E-state index < -0.39 is 0 Å². The molecule has 1 aliphatic rings. The van der Waals surface area contributed by atoms with Gasteiger partial charge in [0.1, 0.15) is 0 Å². The highest BCUT2D eigenvalue weighted by atomic mass is 35.5. The Balaban J connectivity index is 1.38. The zero-order valence-electron chi connectivity index (χ0n) is 13.4. The first-order valence-electron chi connectivity index (χ1n) is 8.36. The Kier molecular flexibility index (Phi) is 6.03. The fourth-order valence-electron chi connectivity index (χ4n) is 3.14. The van der Waals surface area contributed by atoms with Crippen molar-refractivity contribution in [1.82, 2.24) is 15.2 Å². The van der Waals surface area contributed by atoms with Crippen molar-refractivity contribution >= 4 is 11.6 Å². The number of aromatic nitrogens is 1. The first-order chi connectivity index (χ1) is 11.3. The smallest absolute Gasteiger partial charge is 0.0451 e. The average Bonchev–Trinajstić information content (AvgIpc) is 2.59. The molecule has 3 nitrogen and oxygen atoms in total. The molecule has 1 N–H and O–H groups in total. The minimum Gasteiger partial charge on any atom is -0.312 e. The van der Waals surface area contributed by atoms with E-state index in [2.05, 4.69) is 33.4 Å². The summed E-state index contributed by atoms with van der Waals surface area (Å²) < 4.78 is 0. The monoisotopic (exact) mass is 329 g/mol. The molecule has 0 atom stereocenters. The van der Waals surface area contributed by atoms with E-state index in [1.807, 2.05) is 30.6 Å². The number of nitrogens with one attached hydrogen (secondary N) is 1. The lowest BCUT2D eigenvalue weighted by atomic mass is 9.96. The summed E-state index contributed by atoms with van der Waals surface area (Å²) >= 11 is 6.26. The lowest BCUT2D eigenvalue weighted by Crippen LogP contribution is -2.36. The predicted molar refractivity (Wildman–Crippen MR) is 95.4 cm³/mol. The second kappa shape index (κ2) is 8.44. The molecule has 1 saturated heterocycles. The fraction of sp³-hybridized carbons (Fsp3) is 0.421. The van der Waals surface area contributed by atoms with Crippen molar-refractivity contribution in [2.45, 2.75) is 25.9 Å². The number of pyridine rings is 1. The Morgan fingerprint density at radius 1 is 1.13 bits per heavy atom. The molecule has 2 aromatic rings. The number of halogens is 1. The second-order valence-corrected chi connectivity index (χ2v) is 6.71. The summed E-state index contributed by atoms with van der Waals surface area (Å²) in [5, 5.41) is 4.45. The van der Waals surface area contributed by atoms with Crippen molar-refractivity contribution in [1.29, 1.82) is 0 Å². The molecule has 0 aliphatic carbocycles. The van der Waals surface area contributed by atoms with E-state index >= 15 is 0 Å². The molecule has 23 heavy (non-hydrogen) atoms. The topological polar surface area (TPSA) is 28.2 Å². The normalized spacial score (nSPS) is 16.6. The molecule has 3 rings (SSSR count). The lowest BCUT2D eigenvalue weighted by molar-refractivity contribution is 0.175. The molecule has 0 saturated carbocycles. The number of piperidine rings is 1. The van der Waals surface area contributed by atoms with Gasteiger partial charge in [-0.05, 0) is 61.7 Å². The third kappa shape index (κ3) is 5.03. The molecule has 4 heteroatoms. The van der Waals surface area contributed by atoms with Crippen LogP contribution in [0.15, 0.2) is 48.8 Å². The van der Waals surface area contributed by atoms with Crippen LogP contribution in [0.3, 0.4) is 0 Å². The van der Waals surface area contributed by atoms with Crippen LogP contribution in [0, 0.1) is 5.92 Å². The maximum Gasteiger partial charge on any atom is 0.0451 e. The molecule has 0 amide bonds. The zero-order valence-corrected chi connectivity index (χ0v) is 14.2. The van der Waals surface area contributed by atoms with Crippen LogP contribution in [0.2, 0.25) is 5.02 Å². The van der Waals surface area contributed by atoms with Crippen molar-refractivity contribution < 1.29 is 0 Å². The van der Waals surface area contributed by atoms with Crippen molar-refractivity contribution in [2.24, 2.45) is 5.92 Å². The van der Waals surface area contributed by atoms with Gasteiger partial charge in [0.25, 0.3) is 0 Å². The van der Waals surface area contributed by atoms with Gasteiger partial charge in [-0.25, -0.2) is 0 Å². The van der Waals surface area contributed by atoms with E-state index in [4.69, 9.17) is 11.6 Å². The fourth-order valence-corrected chi connectivity index (χ4v) is 3.34. The summed E-state index contributed by atoms with van der Waals surface area (Å²) in [6, 6.07) is 12.3. The lowest BCUT2D eigenvalue weighted by Gasteiger charge is -2.32. The van der Waals surface area contributed by atoms with Crippen molar-refractivity contribution in [3.05, 3.63) is 64.9 Å². The maximum absolute atomic E-state index is 6.26. The summed E-state index contributed by atoms with van der Waals surface area (Å²) in [5.41, 5.74) is 2.49. The van der Waals surface area contributed by atoms with Crippen molar-refractivity contribution in [3.63, 3.8) is 0 Å². The molecule has 0 unspecified atom stereocenters. The van der Waals surface area contributed by atoms with Crippen LogP contribution in [0.5, 0.6) is 0 Å². The Labute approximate surface area is 143 Å². The number of nitrogens with zero attached hydrogens (tertiary/aromatic N) is 2. The summed E-state index contributed by atoms with van der Waals surface area (Å²) in [6.07, 6.45) is 6.26. The Morgan fingerprint density at radius 3 is 2.70 bits per heavy atom. The summed E-state index contributed by atoms with van der Waals surface area (Å²) in [4.78, 5) is 6.66. The molecule has 0 radical (unpaired) electrons. The van der Waals surface area contributed by atoms with Gasteiger partial charge >= 0.3 is 0 Å². The quantitative estimate of drug-likeness (QED) is 0.875. The van der Waals surface area contributed by atoms with Crippen molar-refractivity contribution in [3.8, 4) is 0 Å². The van der Waals surface area contributed by atoms with Crippen LogP contribution in [0.25, 0.3) is 0 Å². The van der Waals surface area contributed by atoms with Gasteiger partial charge in [-0.1, -0.05) is 35.9 Å². The van der Waals surface area contributed by atoms with Gasteiger partial charge in [-0.15, -0.1) is 0 Å². The van der Waals surface area contributed by atoms with Gasteiger partial charge in [0.05, 0.1) is 0 Å². The van der Waals surface area contributed by atoms with Crippen LogP contribution in [-0.2, 0) is 13.1 Å². The minimum absolute atomic E-state index is 0.772. The number of benzene rings is 1. The van der Waals surface area contributed by atoms with Gasteiger partial charge < -0.3 is 5.32 Å². The molecule has 1 aromatic heterocycles. The molecule has 0 spiro atoms. The van der Waals surface area contributed by atoms with Crippen LogP contribution in [-0.4, -0.2) is 29.5 Å². The summed E-state index contributed by atoms with van der Waals surface area (Å²) in [7, 11) is 0. The van der Waals surface area contributed by atoms with E-state index in [1.165, 1.54) is 24.0 Å². The largest absolute Gasteiger partial charge is 0.312 e. The van der Waals surface area contributed by atoms with Gasteiger partial charge in [0.15, 0.2) is 0 Å². The molecule has 122 valence electrons. The molecule has 1 aliphatic heterocycles. The molecule has 2 heterocycles. The first kappa shape index (κ1) is 16.4. The Bertz CT molecular complexity index is 595. The van der Waals surface area contributed by atoms with Gasteiger partial charge in [0, 0.05) is 30.5 Å². The third-order valence-electron chi connectivity index (χ3n) is 4.54. The van der Waals surface area contributed by atoms with Crippen LogP contribution < -0.4 is 5.32 Å². The minimum atomic E-state index is 0.772. The first-order valence-corrected chi connectivity index (χ1v) is 8.74. The van der Waals surface area contributed by atoms with E-state index in [0.717, 1.165) is 43.7 Å². The average molecular weight is 330 g/mol. The zero-order chi connectivity index (χ0) is 15.9. The molecule has 1 fully saturated rings. The van der Waals surface area contributed by atoms with E-state index in [9.17, 15) is 0 Å². The van der Waals surface area contributed by atoms with Crippen molar-refractivity contribution in [2.75, 3.05) is 19.6 Å². The SMILES string of the molecule is Clc1ccccc1CN1CCC(CNCc2cccnc2)CC1. The standard InChI is InChI=1S/C19H24ClN3/c20-19-6-2-1-5-18(19)15-23-10-7-16(8-11-23)12-22-14-17-4-3-9-21-13-17/h1-6,9,13,16,22H,7-8,10-12,14-15H2. The van der Waals surface area contributed by atoms with E-state index in [0.29, 0.717) is 0 Å². The van der Waals surface area contributed by atoms with Crippen LogP contribution in [0.4, 0.5) is 0 Å². The maximum atomic E-state index is 6.26. The summed E-state index contributed by atoms with van der Waals surface area (Å²) in [5.74, 6) is 0.772. The number of rotatable bonds is 6. The van der Waals surface area contributed by atoms with Crippen LogP contribution >= 0.6 is 11.6 Å². The molecule has 1 aromatic carbocycles. The van der Waals surface area contributed by atoms with Gasteiger partial charge in [-0.2, -0.15) is 0 Å². The van der Waals surface area contributed by atoms with E-state index in [-0.39, 0.29) is 0 Å². The number of likely N-dealkylation sites (tertiary alicyclic amines) is 1. The van der Waals surface area contributed by atoms with Gasteiger partial charge in [0.2, 0.25) is 0 Å². The third-order valence-corrected chi connectivity index (χ3v) is 4.91. The highest BCUT2D eigenvalue weighted by Gasteiger charge is 2.19. The number of hydrogen-bond donors (Lipinski definition) is 1.